The van der Waals surface area contributed by atoms with E-state index in [4.69, 9.17) is 0 Å². The van der Waals surface area contributed by atoms with Crippen molar-refractivity contribution in [3.05, 3.63) is 36.0 Å². The highest BCUT2D eigenvalue weighted by Crippen LogP contribution is 2.40. The highest BCUT2D eigenvalue weighted by atomic mass is 16.1. The van der Waals surface area contributed by atoms with Crippen molar-refractivity contribution >= 4 is 5.78 Å². The SMILES string of the molecule is CCC(C)C1=CC2(C=CC1=O)CC=CCC2. The Labute approximate surface area is 97.9 Å². The predicted octanol–water partition coefficient (Wildman–Crippen LogP) is 3.82. The number of carbonyl (C=O) groups excluding carboxylic acids is 1. The zero-order valence-electron chi connectivity index (χ0n) is 10.2. The molecule has 2 aliphatic rings. The first-order valence-electron chi connectivity index (χ1n) is 6.28. The first kappa shape index (κ1) is 11.4. The zero-order chi connectivity index (χ0) is 11.6. The molecule has 0 heterocycles. The second kappa shape index (κ2) is 4.40. The van der Waals surface area contributed by atoms with E-state index in [0.29, 0.717) is 5.92 Å². The van der Waals surface area contributed by atoms with Crippen LogP contribution in [0.5, 0.6) is 0 Å². The fourth-order valence-electron chi connectivity index (χ4n) is 2.53. The van der Waals surface area contributed by atoms with Crippen molar-refractivity contribution in [1.82, 2.24) is 0 Å². The number of ketones is 1. The smallest absolute Gasteiger partial charge is 0.181 e. The molecule has 0 saturated carbocycles. The van der Waals surface area contributed by atoms with Gasteiger partial charge in [-0.05, 0) is 43.3 Å². The molecule has 1 nitrogen and oxygen atoms in total. The Balaban J connectivity index is 2.29. The summed E-state index contributed by atoms with van der Waals surface area (Å²) in [6.45, 7) is 4.29. The van der Waals surface area contributed by atoms with Gasteiger partial charge in [-0.3, -0.25) is 4.79 Å². The minimum Gasteiger partial charge on any atom is -0.290 e. The lowest BCUT2D eigenvalue weighted by molar-refractivity contribution is -0.112. The lowest BCUT2D eigenvalue weighted by atomic mass is 9.71. The summed E-state index contributed by atoms with van der Waals surface area (Å²) >= 11 is 0. The third-order valence-corrected chi connectivity index (χ3v) is 3.88. The lowest BCUT2D eigenvalue weighted by Crippen LogP contribution is -2.24. The number of rotatable bonds is 2. The van der Waals surface area contributed by atoms with Crippen molar-refractivity contribution in [2.75, 3.05) is 0 Å². The van der Waals surface area contributed by atoms with Crippen LogP contribution in [-0.2, 0) is 4.79 Å². The van der Waals surface area contributed by atoms with Gasteiger partial charge in [0.05, 0.1) is 0 Å². The van der Waals surface area contributed by atoms with Crippen molar-refractivity contribution in [2.45, 2.75) is 39.5 Å². The van der Waals surface area contributed by atoms with Gasteiger partial charge < -0.3 is 0 Å². The third-order valence-electron chi connectivity index (χ3n) is 3.88. The summed E-state index contributed by atoms with van der Waals surface area (Å²) in [5.41, 5.74) is 1.17. The van der Waals surface area contributed by atoms with Crippen LogP contribution in [0.2, 0.25) is 0 Å². The van der Waals surface area contributed by atoms with Gasteiger partial charge in [0.25, 0.3) is 0 Å². The maximum absolute atomic E-state index is 11.8. The van der Waals surface area contributed by atoms with E-state index in [0.717, 1.165) is 31.3 Å². The van der Waals surface area contributed by atoms with E-state index in [1.165, 1.54) is 0 Å². The second-order valence-electron chi connectivity index (χ2n) is 5.05. The summed E-state index contributed by atoms with van der Waals surface area (Å²) in [5, 5.41) is 0. The topological polar surface area (TPSA) is 17.1 Å². The highest BCUT2D eigenvalue weighted by Gasteiger charge is 2.30. The van der Waals surface area contributed by atoms with Gasteiger partial charge in [0, 0.05) is 5.41 Å². The average Bonchev–Trinajstić information content (AvgIpc) is 2.33. The second-order valence-corrected chi connectivity index (χ2v) is 5.05. The largest absolute Gasteiger partial charge is 0.290 e. The van der Waals surface area contributed by atoms with Crippen LogP contribution in [0.25, 0.3) is 0 Å². The van der Waals surface area contributed by atoms with E-state index in [2.05, 4.69) is 38.2 Å². The predicted molar refractivity (Wildman–Crippen MR) is 67.1 cm³/mol. The van der Waals surface area contributed by atoms with E-state index in [1.54, 1.807) is 6.08 Å². The van der Waals surface area contributed by atoms with Crippen LogP contribution >= 0.6 is 0 Å². The van der Waals surface area contributed by atoms with Crippen LogP contribution in [0.15, 0.2) is 36.0 Å². The third kappa shape index (κ3) is 2.04. The summed E-state index contributed by atoms with van der Waals surface area (Å²) < 4.78 is 0. The van der Waals surface area contributed by atoms with Gasteiger partial charge >= 0.3 is 0 Å². The van der Waals surface area contributed by atoms with E-state index in [-0.39, 0.29) is 11.2 Å². The molecule has 16 heavy (non-hydrogen) atoms. The van der Waals surface area contributed by atoms with Crippen molar-refractivity contribution in [1.29, 1.82) is 0 Å². The van der Waals surface area contributed by atoms with Crippen LogP contribution in [-0.4, -0.2) is 5.78 Å². The monoisotopic (exact) mass is 216 g/mol. The normalized spacial score (nSPS) is 30.6. The van der Waals surface area contributed by atoms with Gasteiger partial charge in [-0.15, -0.1) is 0 Å². The summed E-state index contributed by atoms with van der Waals surface area (Å²) in [6, 6.07) is 0. The van der Waals surface area contributed by atoms with E-state index in [9.17, 15) is 4.79 Å². The Hall–Kier alpha value is -1.11. The quantitative estimate of drug-likeness (QED) is 0.641. The Morgan fingerprint density at radius 1 is 1.44 bits per heavy atom. The number of hydrogen-bond acceptors (Lipinski definition) is 1. The van der Waals surface area contributed by atoms with Gasteiger partial charge in [0.15, 0.2) is 5.78 Å². The van der Waals surface area contributed by atoms with Crippen LogP contribution in [0.1, 0.15) is 39.5 Å². The highest BCUT2D eigenvalue weighted by molar-refractivity contribution is 6.05. The molecule has 0 saturated heterocycles. The fraction of sp³-hybridized carbons (Fsp3) is 0.533. The Kier molecular flexibility index (Phi) is 3.13. The average molecular weight is 216 g/mol. The van der Waals surface area contributed by atoms with Crippen molar-refractivity contribution < 1.29 is 4.79 Å². The molecule has 0 aromatic heterocycles. The first-order valence-corrected chi connectivity index (χ1v) is 6.28. The molecule has 2 rings (SSSR count). The molecule has 1 heteroatoms. The maximum Gasteiger partial charge on any atom is 0.181 e. The zero-order valence-corrected chi connectivity index (χ0v) is 10.2. The molecule has 0 amide bonds. The van der Waals surface area contributed by atoms with Crippen LogP contribution < -0.4 is 0 Å². The number of allylic oxidation sites excluding steroid dienone is 6. The molecule has 0 aromatic rings. The fourth-order valence-corrected chi connectivity index (χ4v) is 2.53. The van der Waals surface area contributed by atoms with Crippen LogP contribution in [0, 0.1) is 11.3 Å². The van der Waals surface area contributed by atoms with Crippen molar-refractivity contribution in [3.8, 4) is 0 Å². The number of carbonyl (C=O) groups is 1. The minimum absolute atomic E-state index is 0.140. The van der Waals surface area contributed by atoms with Gasteiger partial charge in [-0.1, -0.05) is 38.2 Å². The molecular weight excluding hydrogens is 196 g/mol. The summed E-state index contributed by atoms with van der Waals surface area (Å²) in [7, 11) is 0. The summed E-state index contributed by atoms with van der Waals surface area (Å²) in [4.78, 5) is 11.8. The van der Waals surface area contributed by atoms with Crippen molar-refractivity contribution in [3.63, 3.8) is 0 Å². The molecule has 0 N–H and O–H groups in total. The lowest BCUT2D eigenvalue weighted by Gasteiger charge is -2.33. The first-order chi connectivity index (χ1) is 7.67. The summed E-state index contributed by atoms with van der Waals surface area (Å²) in [6.07, 6.45) is 15.0. The van der Waals surface area contributed by atoms with E-state index >= 15 is 0 Å². The van der Waals surface area contributed by atoms with E-state index < -0.39 is 0 Å². The molecule has 0 aromatic carbocycles. The van der Waals surface area contributed by atoms with Crippen LogP contribution in [0.4, 0.5) is 0 Å². The molecule has 0 bridgehead atoms. The number of hydrogen-bond donors (Lipinski definition) is 0. The summed E-state index contributed by atoms with van der Waals surface area (Å²) in [5.74, 6) is 0.606. The molecule has 0 radical (unpaired) electrons. The van der Waals surface area contributed by atoms with Crippen molar-refractivity contribution in [2.24, 2.45) is 11.3 Å². The Morgan fingerprint density at radius 2 is 2.25 bits per heavy atom. The minimum atomic E-state index is 0.140. The van der Waals surface area contributed by atoms with Crippen LogP contribution in [0.3, 0.4) is 0 Å². The molecule has 0 fully saturated rings. The molecule has 2 unspecified atom stereocenters. The maximum atomic E-state index is 11.8. The van der Waals surface area contributed by atoms with Gasteiger partial charge in [-0.2, -0.15) is 0 Å². The van der Waals surface area contributed by atoms with Gasteiger partial charge in [0.1, 0.15) is 0 Å². The molecule has 86 valence electrons. The molecule has 1 spiro atoms. The standard InChI is InChI=1S/C15H20O/c1-3-12(2)13-11-15(10-7-14(13)16)8-5-4-6-9-15/h4-5,7,10-12H,3,6,8-9H2,1-2H3. The van der Waals surface area contributed by atoms with Gasteiger partial charge in [-0.25, -0.2) is 0 Å². The Bertz CT molecular complexity index is 373. The molecule has 0 aliphatic heterocycles. The molecular formula is C15H20O. The van der Waals surface area contributed by atoms with Gasteiger partial charge in [0.2, 0.25) is 0 Å². The molecule has 2 atom stereocenters. The molecule has 2 aliphatic carbocycles. The van der Waals surface area contributed by atoms with E-state index in [1.807, 2.05) is 0 Å². The Morgan fingerprint density at radius 3 is 2.88 bits per heavy atom.